The van der Waals surface area contributed by atoms with Crippen LogP contribution in [0.2, 0.25) is 0 Å². The smallest absolute Gasteiger partial charge is 0.126 e. The van der Waals surface area contributed by atoms with Crippen LogP contribution in [0.4, 0.5) is 0 Å². The van der Waals surface area contributed by atoms with Crippen molar-refractivity contribution in [2.45, 2.75) is 26.2 Å². The molecule has 0 aromatic heterocycles. The van der Waals surface area contributed by atoms with Gasteiger partial charge >= 0.3 is 0 Å². The molecular weight excluding hydrogens is 368 g/mol. The van der Waals surface area contributed by atoms with Gasteiger partial charge in [-0.25, -0.2) is 0 Å². The van der Waals surface area contributed by atoms with Crippen LogP contribution in [0.1, 0.15) is 25.3 Å². The monoisotopic (exact) mass is 394 g/mol. The number of aryl methyl sites for hydroxylation is 1. The van der Waals surface area contributed by atoms with Crippen molar-refractivity contribution in [1.29, 1.82) is 0 Å². The van der Waals surface area contributed by atoms with E-state index in [0.717, 1.165) is 58.2 Å². The molecule has 0 aliphatic rings. The first-order valence-corrected chi connectivity index (χ1v) is 10.5. The molecule has 4 aromatic rings. The SMILES string of the molecule is CCCCc1cc(-c2ccc(O)c(-c3ccccc3)c2)cc(-c2ccccc2)c1O. The highest BCUT2D eigenvalue weighted by molar-refractivity contribution is 5.82. The molecule has 4 aromatic carbocycles. The van der Waals surface area contributed by atoms with Crippen molar-refractivity contribution in [2.75, 3.05) is 0 Å². The van der Waals surface area contributed by atoms with Gasteiger partial charge in [-0.15, -0.1) is 0 Å². The molecule has 2 N–H and O–H groups in total. The lowest BCUT2D eigenvalue weighted by atomic mass is 9.91. The number of rotatable bonds is 6. The molecule has 0 aliphatic carbocycles. The zero-order chi connectivity index (χ0) is 20.9. The first kappa shape index (κ1) is 19.8. The molecule has 0 radical (unpaired) electrons. The second-order valence-corrected chi connectivity index (χ2v) is 7.60. The van der Waals surface area contributed by atoms with Crippen LogP contribution in [0.25, 0.3) is 33.4 Å². The summed E-state index contributed by atoms with van der Waals surface area (Å²) in [6, 6.07) is 29.7. The van der Waals surface area contributed by atoms with Crippen LogP contribution in [-0.2, 0) is 6.42 Å². The summed E-state index contributed by atoms with van der Waals surface area (Å²) in [5.74, 6) is 0.624. The van der Waals surface area contributed by atoms with Gasteiger partial charge < -0.3 is 10.2 Å². The van der Waals surface area contributed by atoms with Gasteiger partial charge in [-0.2, -0.15) is 0 Å². The molecule has 0 aliphatic heterocycles. The second kappa shape index (κ2) is 8.87. The third-order valence-corrected chi connectivity index (χ3v) is 5.49. The van der Waals surface area contributed by atoms with Crippen molar-refractivity contribution < 1.29 is 10.2 Å². The Balaban J connectivity index is 1.86. The molecule has 0 heterocycles. The van der Waals surface area contributed by atoms with Crippen LogP contribution in [0.15, 0.2) is 91.0 Å². The number of hydrogen-bond donors (Lipinski definition) is 2. The van der Waals surface area contributed by atoms with Gasteiger partial charge in [0.15, 0.2) is 0 Å². The Hall–Kier alpha value is -3.52. The van der Waals surface area contributed by atoms with E-state index in [9.17, 15) is 10.2 Å². The summed E-state index contributed by atoms with van der Waals surface area (Å²) in [5.41, 5.74) is 6.63. The predicted molar refractivity (Wildman–Crippen MR) is 125 cm³/mol. The molecule has 0 bridgehead atoms. The molecule has 2 nitrogen and oxygen atoms in total. The lowest BCUT2D eigenvalue weighted by Crippen LogP contribution is -1.92. The summed E-state index contributed by atoms with van der Waals surface area (Å²) in [5, 5.41) is 21.4. The van der Waals surface area contributed by atoms with E-state index in [2.05, 4.69) is 13.0 Å². The molecule has 0 fully saturated rings. The van der Waals surface area contributed by atoms with Crippen molar-refractivity contribution in [3.63, 3.8) is 0 Å². The number of benzene rings is 4. The molecule has 0 unspecified atom stereocenters. The summed E-state index contributed by atoms with van der Waals surface area (Å²) >= 11 is 0. The van der Waals surface area contributed by atoms with E-state index >= 15 is 0 Å². The Kier molecular flexibility index (Phi) is 5.85. The highest BCUT2D eigenvalue weighted by Gasteiger charge is 2.14. The Labute approximate surface area is 178 Å². The molecule has 0 saturated carbocycles. The fourth-order valence-electron chi connectivity index (χ4n) is 3.82. The molecular formula is C28H26O2. The van der Waals surface area contributed by atoms with Gasteiger partial charge in [-0.05, 0) is 64.9 Å². The lowest BCUT2D eigenvalue weighted by molar-refractivity contribution is 0.469. The van der Waals surface area contributed by atoms with E-state index in [1.807, 2.05) is 78.9 Å². The van der Waals surface area contributed by atoms with Crippen LogP contribution in [0.3, 0.4) is 0 Å². The Bertz CT molecular complexity index is 1130. The maximum Gasteiger partial charge on any atom is 0.126 e. The molecule has 0 amide bonds. The van der Waals surface area contributed by atoms with Crippen LogP contribution >= 0.6 is 0 Å². The number of phenols is 2. The first-order valence-electron chi connectivity index (χ1n) is 10.5. The molecule has 30 heavy (non-hydrogen) atoms. The second-order valence-electron chi connectivity index (χ2n) is 7.60. The van der Waals surface area contributed by atoms with Crippen LogP contribution in [-0.4, -0.2) is 10.2 Å². The molecule has 0 atom stereocenters. The average molecular weight is 395 g/mol. The third-order valence-electron chi connectivity index (χ3n) is 5.49. The molecule has 0 saturated heterocycles. The predicted octanol–water partition coefficient (Wildman–Crippen LogP) is 7.44. The van der Waals surface area contributed by atoms with Crippen molar-refractivity contribution in [2.24, 2.45) is 0 Å². The standard InChI is InChI=1S/C28H26O2/c1-2-3-10-23-17-24(19-26(28(23)30)21-13-8-5-9-14-21)22-15-16-27(29)25(18-22)20-11-6-4-7-12-20/h4-9,11-19,29-30H,2-3,10H2,1H3. The molecule has 2 heteroatoms. The van der Waals surface area contributed by atoms with Crippen LogP contribution in [0.5, 0.6) is 11.5 Å². The maximum absolute atomic E-state index is 11.0. The summed E-state index contributed by atoms with van der Waals surface area (Å²) in [4.78, 5) is 0. The van der Waals surface area contributed by atoms with E-state index in [4.69, 9.17) is 0 Å². The van der Waals surface area contributed by atoms with Crippen molar-refractivity contribution in [1.82, 2.24) is 0 Å². The topological polar surface area (TPSA) is 40.5 Å². The minimum Gasteiger partial charge on any atom is -0.507 e. The average Bonchev–Trinajstić information content (AvgIpc) is 2.80. The summed E-state index contributed by atoms with van der Waals surface area (Å²) in [6.45, 7) is 2.16. The third kappa shape index (κ3) is 4.08. The zero-order valence-corrected chi connectivity index (χ0v) is 17.2. The van der Waals surface area contributed by atoms with Gasteiger partial charge in [0.05, 0.1) is 0 Å². The molecule has 0 spiro atoms. The zero-order valence-electron chi connectivity index (χ0n) is 17.2. The van der Waals surface area contributed by atoms with Crippen LogP contribution in [0, 0.1) is 0 Å². The Morgan fingerprint density at radius 3 is 1.83 bits per heavy atom. The van der Waals surface area contributed by atoms with Crippen molar-refractivity contribution >= 4 is 0 Å². The van der Waals surface area contributed by atoms with E-state index < -0.39 is 0 Å². The van der Waals surface area contributed by atoms with Crippen LogP contribution < -0.4 is 0 Å². The summed E-state index contributed by atoms with van der Waals surface area (Å²) in [7, 11) is 0. The fraction of sp³-hybridized carbons (Fsp3) is 0.143. The van der Waals surface area contributed by atoms with E-state index in [1.54, 1.807) is 6.07 Å². The largest absolute Gasteiger partial charge is 0.507 e. The number of phenolic OH excluding ortho intramolecular Hbond substituents is 2. The van der Waals surface area contributed by atoms with Gasteiger partial charge in [-0.3, -0.25) is 0 Å². The van der Waals surface area contributed by atoms with E-state index in [1.165, 1.54) is 0 Å². The van der Waals surface area contributed by atoms with Crippen molar-refractivity contribution in [3.8, 4) is 44.9 Å². The number of aromatic hydroxyl groups is 2. The molecule has 150 valence electrons. The maximum atomic E-state index is 11.0. The normalized spacial score (nSPS) is 10.8. The Morgan fingerprint density at radius 1 is 0.600 bits per heavy atom. The fourth-order valence-corrected chi connectivity index (χ4v) is 3.82. The van der Waals surface area contributed by atoms with E-state index in [0.29, 0.717) is 5.75 Å². The van der Waals surface area contributed by atoms with Gasteiger partial charge in [0.2, 0.25) is 0 Å². The highest BCUT2D eigenvalue weighted by atomic mass is 16.3. The minimum atomic E-state index is 0.262. The Morgan fingerprint density at radius 2 is 1.20 bits per heavy atom. The van der Waals surface area contributed by atoms with Gasteiger partial charge in [0.25, 0.3) is 0 Å². The first-order chi connectivity index (χ1) is 14.7. The summed E-state index contributed by atoms with van der Waals surface area (Å²) in [6.07, 6.45) is 2.93. The summed E-state index contributed by atoms with van der Waals surface area (Å²) < 4.78 is 0. The number of hydrogen-bond acceptors (Lipinski definition) is 2. The lowest BCUT2D eigenvalue weighted by Gasteiger charge is -2.15. The van der Waals surface area contributed by atoms with E-state index in [-0.39, 0.29) is 5.75 Å². The van der Waals surface area contributed by atoms with Gasteiger partial charge in [-0.1, -0.05) is 80.1 Å². The van der Waals surface area contributed by atoms with Gasteiger partial charge in [0, 0.05) is 11.1 Å². The van der Waals surface area contributed by atoms with Gasteiger partial charge in [0.1, 0.15) is 11.5 Å². The highest BCUT2D eigenvalue weighted by Crippen LogP contribution is 2.39. The van der Waals surface area contributed by atoms with Crippen molar-refractivity contribution in [3.05, 3.63) is 96.6 Å². The molecule has 4 rings (SSSR count). The minimum absolute atomic E-state index is 0.262. The number of unbranched alkanes of at least 4 members (excludes halogenated alkanes) is 1. The quantitative estimate of drug-likeness (QED) is 0.357.